The summed E-state index contributed by atoms with van der Waals surface area (Å²) in [6.45, 7) is 3.12. The molecule has 0 amide bonds. The van der Waals surface area contributed by atoms with Crippen LogP contribution in [0.5, 0.6) is 0 Å². The number of rotatable bonds is 8. The van der Waals surface area contributed by atoms with Crippen molar-refractivity contribution in [2.45, 2.75) is 32.8 Å². The van der Waals surface area contributed by atoms with E-state index in [0.29, 0.717) is 24.3 Å². The first-order valence-corrected chi connectivity index (χ1v) is 6.40. The van der Waals surface area contributed by atoms with Crippen molar-refractivity contribution >= 4 is 12.0 Å². The molecule has 0 aliphatic rings. The highest BCUT2D eigenvalue weighted by Crippen LogP contribution is 2.12. The Morgan fingerprint density at radius 2 is 2.16 bits per heavy atom. The molecule has 0 unspecified atom stereocenters. The summed E-state index contributed by atoms with van der Waals surface area (Å²) in [5.41, 5.74) is 1.23. The molecule has 0 aliphatic heterocycles. The van der Waals surface area contributed by atoms with Crippen LogP contribution >= 0.6 is 0 Å². The predicted molar refractivity (Wildman–Crippen MR) is 72.3 cm³/mol. The number of halogens is 1. The summed E-state index contributed by atoms with van der Waals surface area (Å²) in [6, 6.07) is 4.42. The Morgan fingerprint density at radius 3 is 2.84 bits per heavy atom. The van der Waals surface area contributed by atoms with Crippen LogP contribution in [0.1, 0.15) is 37.3 Å². The van der Waals surface area contributed by atoms with Crippen molar-refractivity contribution in [3.8, 4) is 0 Å². The summed E-state index contributed by atoms with van der Waals surface area (Å²) in [5.74, 6) is -1.44. The van der Waals surface area contributed by atoms with Crippen LogP contribution in [0.3, 0.4) is 0 Å². The van der Waals surface area contributed by atoms with Crippen LogP contribution in [0.25, 0.3) is 6.08 Å². The summed E-state index contributed by atoms with van der Waals surface area (Å²) in [4.78, 5) is 10.4. The fourth-order valence-corrected chi connectivity index (χ4v) is 1.67. The minimum absolute atomic E-state index is 0.343. The Hall–Kier alpha value is -1.68. The first kappa shape index (κ1) is 15.4. The molecule has 0 aromatic heterocycles. The van der Waals surface area contributed by atoms with Crippen molar-refractivity contribution in [1.29, 1.82) is 0 Å². The number of benzene rings is 1. The molecule has 0 fully saturated rings. The molecule has 3 nitrogen and oxygen atoms in total. The lowest BCUT2D eigenvalue weighted by molar-refractivity contribution is -0.131. The van der Waals surface area contributed by atoms with Gasteiger partial charge in [0, 0.05) is 12.7 Å². The maximum Gasteiger partial charge on any atom is 0.328 e. The van der Waals surface area contributed by atoms with E-state index in [1.54, 1.807) is 6.07 Å². The van der Waals surface area contributed by atoms with E-state index in [-0.39, 0.29) is 5.82 Å². The number of unbranched alkanes of at least 4 members (excludes halogenated alkanes) is 2. The molecular formula is C15H19FO3. The van der Waals surface area contributed by atoms with Gasteiger partial charge in [-0.15, -0.1) is 0 Å². The maximum atomic E-state index is 13.3. The van der Waals surface area contributed by atoms with Crippen LogP contribution < -0.4 is 0 Å². The fraction of sp³-hybridized carbons (Fsp3) is 0.400. The molecule has 104 valence electrons. The van der Waals surface area contributed by atoms with Gasteiger partial charge >= 0.3 is 5.97 Å². The van der Waals surface area contributed by atoms with Gasteiger partial charge in [0.1, 0.15) is 5.82 Å². The van der Waals surface area contributed by atoms with E-state index in [1.807, 2.05) is 0 Å². The van der Waals surface area contributed by atoms with Crippen LogP contribution in [0, 0.1) is 5.82 Å². The van der Waals surface area contributed by atoms with Crippen molar-refractivity contribution in [3.05, 3.63) is 41.2 Å². The molecule has 0 spiro atoms. The van der Waals surface area contributed by atoms with E-state index in [9.17, 15) is 9.18 Å². The average Bonchev–Trinajstić information content (AvgIpc) is 2.35. The summed E-state index contributed by atoms with van der Waals surface area (Å²) in [6.07, 6.45) is 5.60. The molecule has 1 N–H and O–H groups in total. The Morgan fingerprint density at radius 1 is 1.37 bits per heavy atom. The molecule has 1 rings (SSSR count). The standard InChI is InChI=1S/C15H19FO3/c1-2-3-4-7-19-11-13-8-12(5-6-15(17)18)9-14(16)10-13/h5-6,8-10H,2-4,7,11H2,1H3,(H,17,18). The summed E-state index contributed by atoms with van der Waals surface area (Å²) in [7, 11) is 0. The zero-order valence-electron chi connectivity index (χ0n) is 11.1. The second-order valence-corrected chi connectivity index (χ2v) is 4.32. The molecule has 1 aromatic carbocycles. The van der Waals surface area contributed by atoms with E-state index in [2.05, 4.69) is 6.92 Å². The number of carboxylic acid groups (broad SMARTS) is 1. The van der Waals surface area contributed by atoms with E-state index in [1.165, 1.54) is 18.2 Å². The van der Waals surface area contributed by atoms with Gasteiger partial charge in [0.2, 0.25) is 0 Å². The van der Waals surface area contributed by atoms with Gasteiger partial charge in [-0.1, -0.05) is 19.8 Å². The van der Waals surface area contributed by atoms with Gasteiger partial charge in [0.05, 0.1) is 6.61 Å². The van der Waals surface area contributed by atoms with E-state index in [0.717, 1.165) is 25.3 Å². The van der Waals surface area contributed by atoms with E-state index < -0.39 is 5.97 Å². The summed E-state index contributed by atoms with van der Waals surface area (Å²) >= 11 is 0. The molecule has 0 bridgehead atoms. The Labute approximate surface area is 112 Å². The minimum atomic E-state index is -1.05. The molecular weight excluding hydrogens is 247 g/mol. The van der Waals surface area contributed by atoms with E-state index in [4.69, 9.17) is 9.84 Å². The third kappa shape index (κ3) is 6.72. The monoisotopic (exact) mass is 266 g/mol. The van der Waals surface area contributed by atoms with Gasteiger partial charge in [-0.05, 0) is 41.8 Å². The number of ether oxygens (including phenoxy) is 1. The first-order chi connectivity index (χ1) is 9.11. The zero-order chi connectivity index (χ0) is 14.1. The lowest BCUT2D eigenvalue weighted by Crippen LogP contribution is -1.97. The van der Waals surface area contributed by atoms with Crippen molar-refractivity contribution < 1.29 is 19.0 Å². The molecule has 0 radical (unpaired) electrons. The van der Waals surface area contributed by atoms with Gasteiger partial charge < -0.3 is 9.84 Å². The van der Waals surface area contributed by atoms with Crippen molar-refractivity contribution in [2.24, 2.45) is 0 Å². The van der Waals surface area contributed by atoms with Gasteiger partial charge in [-0.3, -0.25) is 0 Å². The molecule has 0 heterocycles. The SMILES string of the molecule is CCCCCOCc1cc(F)cc(C=CC(=O)O)c1. The van der Waals surface area contributed by atoms with Gasteiger partial charge in [-0.25, -0.2) is 9.18 Å². The highest BCUT2D eigenvalue weighted by atomic mass is 19.1. The van der Waals surface area contributed by atoms with Crippen LogP contribution in [0.15, 0.2) is 24.3 Å². The number of hydrogen-bond donors (Lipinski definition) is 1. The molecule has 4 heteroatoms. The van der Waals surface area contributed by atoms with Gasteiger partial charge in [-0.2, -0.15) is 0 Å². The number of aliphatic carboxylic acids is 1. The zero-order valence-corrected chi connectivity index (χ0v) is 11.1. The first-order valence-electron chi connectivity index (χ1n) is 6.40. The van der Waals surface area contributed by atoms with Crippen LogP contribution in [-0.2, 0) is 16.1 Å². The van der Waals surface area contributed by atoms with Crippen molar-refractivity contribution in [2.75, 3.05) is 6.61 Å². The molecule has 19 heavy (non-hydrogen) atoms. The Kier molecular flexibility index (Phi) is 6.82. The highest BCUT2D eigenvalue weighted by Gasteiger charge is 2.00. The largest absolute Gasteiger partial charge is 0.478 e. The lowest BCUT2D eigenvalue weighted by Gasteiger charge is -2.05. The van der Waals surface area contributed by atoms with Crippen molar-refractivity contribution in [3.63, 3.8) is 0 Å². The Balaban J connectivity index is 2.56. The lowest BCUT2D eigenvalue weighted by atomic mass is 10.1. The number of carboxylic acids is 1. The predicted octanol–water partition coefficient (Wildman–Crippen LogP) is 3.63. The second kappa shape index (κ2) is 8.43. The van der Waals surface area contributed by atoms with Crippen LogP contribution in [0.4, 0.5) is 4.39 Å². The molecule has 0 saturated carbocycles. The summed E-state index contributed by atoms with van der Waals surface area (Å²) < 4.78 is 18.8. The second-order valence-electron chi connectivity index (χ2n) is 4.32. The smallest absolute Gasteiger partial charge is 0.328 e. The minimum Gasteiger partial charge on any atom is -0.478 e. The number of carbonyl (C=O) groups is 1. The maximum absolute atomic E-state index is 13.3. The topological polar surface area (TPSA) is 46.5 Å². The molecule has 1 aromatic rings. The Bertz CT molecular complexity index is 441. The fourth-order valence-electron chi connectivity index (χ4n) is 1.67. The normalized spacial score (nSPS) is 11.1. The van der Waals surface area contributed by atoms with Crippen LogP contribution in [-0.4, -0.2) is 17.7 Å². The van der Waals surface area contributed by atoms with Crippen LogP contribution in [0.2, 0.25) is 0 Å². The van der Waals surface area contributed by atoms with Gasteiger partial charge in [0.15, 0.2) is 0 Å². The third-order valence-electron chi connectivity index (χ3n) is 2.56. The number of hydrogen-bond acceptors (Lipinski definition) is 2. The third-order valence-corrected chi connectivity index (χ3v) is 2.56. The highest BCUT2D eigenvalue weighted by molar-refractivity contribution is 5.85. The summed E-state index contributed by atoms with van der Waals surface area (Å²) in [5, 5.41) is 8.53. The quantitative estimate of drug-likeness (QED) is 0.577. The molecule has 0 atom stereocenters. The van der Waals surface area contributed by atoms with E-state index >= 15 is 0 Å². The van der Waals surface area contributed by atoms with Crippen molar-refractivity contribution in [1.82, 2.24) is 0 Å². The average molecular weight is 266 g/mol. The molecule has 0 aliphatic carbocycles. The molecule has 0 saturated heterocycles. The van der Waals surface area contributed by atoms with Gasteiger partial charge in [0.25, 0.3) is 0 Å².